The topological polar surface area (TPSA) is 47.7 Å². The van der Waals surface area contributed by atoms with Crippen molar-refractivity contribution in [2.45, 2.75) is 13.5 Å². The van der Waals surface area contributed by atoms with Gasteiger partial charge in [-0.05, 0) is 26.1 Å². The van der Waals surface area contributed by atoms with Crippen molar-refractivity contribution in [3.05, 3.63) is 35.8 Å². The maximum atomic E-state index is 4.59. The van der Waals surface area contributed by atoms with Gasteiger partial charge in [0.2, 0.25) is 0 Å². The van der Waals surface area contributed by atoms with Crippen LogP contribution in [0, 0.1) is 6.92 Å². The molecule has 0 radical (unpaired) electrons. The first-order valence-electron chi connectivity index (χ1n) is 6.70. The third-order valence-electron chi connectivity index (χ3n) is 3.65. The first-order chi connectivity index (χ1) is 9.60. The predicted molar refractivity (Wildman–Crippen MR) is 80.4 cm³/mol. The van der Waals surface area contributed by atoms with Crippen molar-refractivity contribution >= 4 is 11.0 Å². The molecule has 0 bridgehead atoms. The van der Waals surface area contributed by atoms with Gasteiger partial charge in [-0.3, -0.25) is 4.68 Å². The zero-order chi connectivity index (χ0) is 14.3. The Balaban J connectivity index is 2.14. The van der Waals surface area contributed by atoms with Crippen LogP contribution >= 0.6 is 0 Å². The number of aromatic nitrogens is 4. The molecule has 0 saturated heterocycles. The van der Waals surface area contributed by atoms with E-state index in [9.17, 15) is 0 Å². The highest BCUT2D eigenvalue weighted by atomic mass is 15.3. The number of fused-ring (bicyclic) bond motifs is 1. The Bertz CT molecular complexity index is 766. The van der Waals surface area contributed by atoms with E-state index in [2.05, 4.69) is 44.4 Å². The second kappa shape index (κ2) is 4.76. The molecule has 104 valence electrons. The fourth-order valence-electron chi connectivity index (χ4n) is 2.57. The summed E-state index contributed by atoms with van der Waals surface area (Å²) >= 11 is 0. The van der Waals surface area contributed by atoms with Gasteiger partial charge in [-0.1, -0.05) is 6.07 Å². The van der Waals surface area contributed by atoms with Gasteiger partial charge in [0.25, 0.3) is 0 Å². The zero-order valence-electron chi connectivity index (χ0n) is 12.3. The lowest BCUT2D eigenvalue weighted by molar-refractivity contribution is 0.765. The lowest BCUT2D eigenvalue weighted by atomic mass is 10.1. The molecule has 0 saturated carbocycles. The van der Waals surface area contributed by atoms with E-state index >= 15 is 0 Å². The van der Waals surface area contributed by atoms with Crippen LogP contribution in [0.25, 0.3) is 22.3 Å². The maximum absolute atomic E-state index is 4.59. The summed E-state index contributed by atoms with van der Waals surface area (Å²) in [7, 11) is 5.94. The molecule has 0 unspecified atom stereocenters. The minimum absolute atomic E-state index is 0.808. The van der Waals surface area contributed by atoms with E-state index in [1.165, 1.54) is 5.56 Å². The van der Waals surface area contributed by atoms with E-state index in [1.54, 1.807) is 0 Å². The number of imidazole rings is 1. The van der Waals surface area contributed by atoms with E-state index in [0.717, 1.165) is 34.7 Å². The molecule has 0 spiro atoms. The summed E-state index contributed by atoms with van der Waals surface area (Å²) < 4.78 is 3.96. The molecule has 0 aliphatic heterocycles. The van der Waals surface area contributed by atoms with Crippen LogP contribution in [-0.2, 0) is 20.6 Å². The van der Waals surface area contributed by atoms with Gasteiger partial charge in [0.15, 0.2) is 0 Å². The van der Waals surface area contributed by atoms with Crippen LogP contribution < -0.4 is 5.32 Å². The highest BCUT2D eigenvalue weighted by Crippen LogP contribution is 2.26. The summed E-state index contributed by atoms with van der Waals surface area (Å²) in [5, 5.41) is 7.76. The quantitative estimate of drug-likeness (QED) is 0.791. The van der Waals surface area contributed by atoms with E-state index in [4.69, 9.17) is 0 Å². The van der Waals surface area contributed by atoms with Gasteiger partial charge in [-0.25, -0.2) is 4.98 Å². The van der Waals surface area contributed by atoms with E-state index in [-0.39, 0.29) is 0 Å². The molecular formula is C15H19N5. The molecule has 20 heavy (non-hydrogen) atoms. The molecule has 2 aromatic heterocycles. The van der Waals surface area contributed by atoms with E-state index in [1.807, 2.05) is 32.7 Å². The predicted octanol–water partition coefficient (Wildman–Crippen LogP) is 2.00. The Morgan fingerprint density at radius 2 is 2.05 bits per heavy atom. The summed E-state index contributed by atoms with van der Waals surface area (Å²) in [6.45, 7) is 2.83. The SMILES string of the molecule is CNCc1cn(C)nc1-c1ccc2c(c1)nc(C)n2C. The van der Waals surface area contributed by atoms with Crippen molar-refractivity contribution in [3.8, 4) is 11.3 Å². The largest absolute Gasteiger partial charge is 0.331 e. The van der Waals surface area contributed by atoms with Crippen molar-refractivity contribution in [3.63, 3.8) is 0 Å². The molecule has 3 rings (SSSR count). The third kappa shape index (κ3) is 2.00. The van der Waals surface area contributed by atoms with Gasteiger partial charge in [-0.2, -0.15) is 5.10 Å². The Kier molecular flexibility index (Phi) is 3.06. The summed E-state index contributed by atoms with van der Waals surface area (Å²) in [5.74, 6) is 1.02. The maximum Gasteiger partial charge on any atom is 0.106 e. The third-order valence-corrected chi connectivity index (χ3v) is 3.65. The average Bonchev–Trinajstić information content (AvgIpc) is 2.91. The molecule has 3 aromatic rings. The van der Waals surface area contributed by atoms with Crippen molar-refractivity contribution in [2.24, 2.45) is 14.1 Å². The van der Waals surface area contributed by atoms with Gasteiger partial charge in [0, 0.05) is 38.0 Å². The van der Waals surface area contributed by atoms with E-state index < -0.39 is 0 Å². The summed E-state index contributed by atoms with van der Waals surface area (Å²) in [6, 6.07) is 6.34. The molecular weight excluding hydrogens is 250 g/mol. The second-order valence-corrected chi connectivity index (χ2v) is 5.13. The Morgan fingerprint density at radius 1 is 1.25 bits per heavy atom. The minimum atomic E-state index is 0.808. The summed E-state index contributed by atoms with van der Waals surface area (Å²) in [6.07, 6.45) is 2.06. The standard InChI is InChI=1S/C15H19N5/c1-10-17-13-7-11(5-6-14(13)20(10)4)15-12(8-16-2)9-19(3)18-15/h5-7,9,16H,8H2,1-4H3. The molecule has 0 aliphatic carbocycles. The van der Waals surface area contributed by atoms with Crippen LogP contribution in [0.2, 0.25) is 0 Å². The summed E-state index contributed by atoms with van der Waals surface area (Å²) in [4.78, 5) is 4.59. The highest BCUT2D eigenvalue weighted by Gasteiger charge is 2.12. The number of nitrogens with one attached hydrogen (secondary N) is 1. The Morgan fingerprint density at radius 3 is 2.80 bits per heavy atom. The molecule has 2 heterocycles. The number of rotatable bonds is 3. The lowest BCUT2D eigenvalue weighted by Gasteiger charge is -2.02. The number of aryl methyl sites for hydroxylation is 3. The molecule has 5 nitrogen and oxygen atoms in total. The lowest BCUT2D eigenvalue weighted by Crippen LogP contribution is -2.05. The van der Waals surface area contributed by atoms with Crippen molar-refractivity contribution in [1.82, 2.24) is 24.6 Å². The van der Waals surface area contributed by atoms with Crippen LogP contribution in [0.4, 0.5) is 0 Å². The summed E-state index contributed by atoms with van der Waals surface area (Å²) in [5.41, 5.74) is 5.50. The number of benzene rings is 1. The Labute approximate surface area is 118 Å². The Hall–Kier alpha value is -2.14. The van der Waals surface area contributed by atoms with Crippen LogP contribution in [-0.4, -0.2) is 26.4 Å². The molecule has 0 atom stereocenters. The number of hydrogen-bond acceptors (Lipinski definition) is 3. The average molecular weight is 269 g/mol. The van der Waals surface area contributed by atoms with Gasteiger partial charge < -0.3 is 9.88 Å². The molecule has 0 fully saturated rings. The van der Waals surface area contributed by atoms with Crippen LogP contribution in [0.3, 0.4) is 0 Å². The first-order valence-corrected chi connectivity index (χ1v) is 6.70. The van der Waals surface area contributed by atoms with Crippen LogP contribution in [0.5, 0.6) is 0 Å². The fraction of sp³-hybridized carbons (Fsp3) is 0.333. The minimum Gasteiger partial charge on any atom is -0.331 e. The van der Waals surface area contributed by atoms with E-state index in [0.29, 0.717) is 0 Å². The fourth-order valence-corrected chi connectivity index (χ4v) is 2.57. The van der Waals surface area contributed by atoms with Crippen molar-refractivity contribution < 1.29 is 0 Å². The van der Waals surface area contributed by atoms with Gasteiger partial charge in [-0.15, -0.1) is 0 Å². The van der Waals surface area contributed by atoms with Gasteiger partial charge in [0.1, 0.15) is 5.82 Å². The van der Waals surface area contributed by atoms with Gasteiger partial charge >= 0.3 is 0 Å². The van der Waals surface area contributed by atoms with Crippen LogP contribution in [0.1, 0.15) is 11.4 Å². The molecule has 1 N–H and O–H groups in total. The molecule has 1 aromatic carbocycles. The molecule has 0 amide bonds. The normalized spacial score (nSPS) is 11.4. The van der Waals surface area contributed by atoms with Crippen molar-refractivity contribution in [1.29, 1.82) is 0 Å². The van der Waals surface area contributed by atoms with Crippen LogP contribution in [0.15, 0.2) is 24.4 Å². The smallest absolute Gasteiger partial charge is 0.106 e. The second-order valence-electron chi connectivity index (χ2n) is 5.13. The monoisotopic (exact) mass is 269 g/mol. The highest BCUT2D eigenvalue weighted by molar-refractivity contribution is 5.82. The molecule has 0 aliphatic rings. The first kappa shape index (κ1) is 12.9. The zero-order valence-corrected chi connectivity index (χ0v) is 12.3. The number of hydrogen-bond donors (Lipinski definition) is 1. The van der Waals surface area contributed by atoms with Crippen molar-refractivity contribution in [2.75, 3.05) is 7.05 Å². The molecule has 5 heteroatoms. The number of nitrogens with zero attached hydrogens (tertiary/aromatic N) is 4. The van der Waals surface area contributed by atoms with Gasteiger partial charge in [0.05, 0.1) is 16.7 Å².